The summed E-state index contributed by atoms with van der Waals surface area (Å²) in [7, 11) is 3.52. The number of aryl methyl sites for hydroxylation is 1. The van der Waals surface area contributed by atoms with E-state index in [1.807, 2.05) is 37.9 Å². The number of hydrogen-bond donors (Lipinski definition) is 0. The molecule has 2 aromatic heterocycles. The third kappa shape index (κ3) is 3.32. The summed E-state index contributed by atoms with van der Waals surface area (Å²) in [5.74, 6) is 1.66. The number of pyridine rings is 1. The lowest BCUT2D eigenvalue weighted by Gasteiger charge is -2.35. The number of ether oxygens (including phenoxy) is 2. The number of aromatic nitrogens is 3. The highest BCUT2D eigenvalue weighted by Crippen LogP contribution is 2.32. The Morgan fingerprint density at radius 2 is 1.96 bits per heavy atom. The summed E-state index contributed by atoms with van der Waals surface area (Å²) in [6.07, 6.45) is 2.49. The van der Waals surface area contributed by atoms with Gasteiger partial charge in [-0.15, -0.1) is 0 Å². The van der Waals surface area contributed by atoms with E-state index in [9.17, 15) is 4.79 Å². The highest BCUT2D eigenvalue weighted by atomic mass is 16.5. The van der Waals surface area contributed by atoms with Crippen molar-refractivity contribution in [1.82, 2.24) is 19.7 Å². The van der Waals surface area contributed by atoms with Crippen molar-refractivity contribution >= 4 is 11.7 Å². The van der Waals surface area contributed by atoms with Crippen LogP contribution in [0.15, 0.2) is 18.3 Å². The topological polar surface area (TPSA) is 72.7 Å². The predicted molar refractivity (Wildman–Crippen MR) is 105 cm³/mol. The lowest BCUT2D eigenvalue weighted by atomic mass is 9.99. The minimum atomic E-state index is -0.0456. The summed E-state index contributed by atoms with van der Waals surface area (Å²) < 4.78 is 12.9. The van der Waals surface area contributed by atoms with E-state index in [1.54, 1.807) is 18.0 Å². The number of amides is 1. The predicted octanol–water partition coefficient (Wildman–Crippen LogP) is 1.81. The lowest BCUT2D eigenvalue weighted by molar-refractivity contribution is -0.00906. The minimum Gasteiger partial charge on any atom is -0.495 e. The molecule has 2 aliphatic heterocycles. The van der Waals surface area contributed by atoms with Gasteiger partial charge in [0.25, 0.3) is 5.91 Å². The molecule has 0 unspecified atom stereocenters. The van der Waals surface area contributed by atoms with E-state index in [0.717, 1.165) is 42.3 Å². The zero-order chi connectivity index (χ0) is 19.8. The van der Waals surface area contributed by atoms with E-state index in [-0.39, 0.29) is 18.1 Å². The number of anilines is 1. The third-order valence-electron chi connectivity index (χ3n) is 5.56. The molecule has 4 rings (SSSR count). The fraction of sp³-hybridized carbons (Fsp3) is 0.550. The van der Waals surface area contributed by atoms with Crippen LogP contribution in [-0.4, -0.2) is 65.0 Å². The Hall–Kier alpha value is -2.61. The van der Waals surface area contributed by atoms with Gasteiger partial charge in [-0.05, 0) is 26.0 Å². The standard InChI is InChI=1S/C20H27N5O3/c1-13-11-16-18(22-23(3)19(16)14(2)28-13)20(26)25-9-7-24(8-10-25)17-6-5-15(27-4)12-21-17/h5-6,12-14H,7-11H2,1-4H3/t13-,14+/m0/s1. The minimum absolute atomic E-state index is 0.0143. The highest BCUT2D eigenvalue weighted by molar-refractivity contribution is 5.94. The molecule has 0 bridgehead atoms. The maximum absolute atomic E-state index is 13.2. The average molecular weight is 385 g/mol. The molecule has 2 aliphatic rings. The second kappa shape index (κ2) is 7.43. The van der Waals surface area contributed by atoms with Gasteiger partial charge < -0.3 is 19.3 Å². The Morgan fingerprint density at radius 3 is 2.61 bits per heavy atom. The van der Waals surface area contributed by atoms with Gasteiger partial charge in [0.15, 0.2) is 5.69 Å². The molecule has 2 atom stereocenters. The Labute approximate surface area is 165 Å². The van der Waals surface area contributed by atoms with Crippen LogP contribution in [0.3, 0.4) is 0 Å². The van der Waals surface area contributed by atoms with Gasteiger partial charge in [-0.1, -0.05) is 0 Å². The summed E-state index contributed by atoms with van der Waals surface area (Å²) in [5.41, 5.74) is 2.64. The number of piperazine rings is 1. The number of hydrogen-bond acceptors (Lipinski definition) is 6. The average Bonchev–Trinajstić information content (AvgIpc) is 3.04. The van der Waals surface area contributed by atoms with Crippen LogP contribution in [-0.2, 0) is 18.2 Å². The van der Waals surface area contributed by atoms with Crippen molar-refractivity contribution in [3.8, 4) is 5.75 Å². The van der Waals surface area contributed by atoms with Crippen molar-refractivity contribution in [2.75, 3.05) is 38.2 Å². The van der Waals surface area contributed by atoms with E-state index < -0.39 is 0 Å². The number of nitrogens with zero attached hydrogens (tertiary/aromatic N) is 5. The number of methoxy groups -OCH3 is 1. The summed E-state index contributed by atoms with van der Waals surface area (Å²) in [6.45, 7) is 6.86. The molecule has 0 saturated carbocycles. The van der Waals surface area contributed by atoms with Crippen molar-refractivity contribution in [2.45, 2.75) is 32.5 Å². The Balaban J connectivity index is 1.47. The van der Waals surface area contributed by atoms with E-state index in [1.165, 1.54) is 0 Å². The van der Waals surface area contributed by atoms with Crippen molar-refractivity contribution < 1.29 is 14.3 Å². The SMILES string of the molecule is COc1ccc(N2CCN(C(=O)c3nn(C)c4c3C[C@H](C)O[C@@H]4C)CC2)nc1. The second-order valence-corrected chi connectivity index (χ2v) is 7.46. The Bertz CT molecular complexity index is 855. The molecule has 8 nitrogen and oxygen atoms in total. The van der Waals surface area contributed by atoms with E-state index in [2.05, 4.69) is 15.0 Å². The number of fused-ring (bicyclic) bond motifs is 1. The van der Waals surface area contributed by atoms with Gasteiger partial charge in [0, 0.05) is 45.2 Å². The monoisotopic (exact) mass is 385 g/mol. The molecule has 150 valence electrons. The van der Waals surface area contributed by atoms with Crippen LogP contribution >= 0.6 is 0 Å². The first kappa shape index (κ1) is 18.7. The fourth-order valence-corrected chi connectivity index (χ4v) is 4.18. The highest BCUT2D eigenvalue weighted by Gasteiger charge is 2.33. The zero-order valence-corrected chi connectivity index (χ0v) is 16.9. The molecule has 0 radical (unpaired) electrons. The van der Waals surface area contributed by atoms with Crippen LogP contribution < -0.4 is 9.64 Å². The summed E-state index contributed by atoms with van der Waals surface area (Å²) in [4.78, 5) is 21.7. The smallest absolute Gasteiger partial charge is 0.274 e. The van der Waals surface area contributed by atoms with Gasteiger partial charge in [-0.25, -0.2) is 4.98 Å². The molecule has 4 heterocycles. The fourth-order valence-electron chi connectivity index (χ4n) is 4.18. The quantitative estimate of drug-likeness (QED) is 0.802. The van der Waals surface area contributed by atoms with E-state index in [4.69, 9.17) is 9.47 Å². The van der Waals surface area contributed by atoms with Gasteiger partial charge in [-0.3, -0.25) is 9.48 Å². The molecule has 1 amide bonds. The van der Waals surface area contributed by atoms with Gasteiger partial charge in [0.2, 0.25) is 0 Å². The van der Waals surface area contributed by atoms with Gasteiger partial charge in [0.1, 0.15) is 11.6 Å². The lowest BCUT2D eigenvalue weighted by Crippen LogP contribution is -2.49. The van der Waals surface area contributed by atoms with Crippen LogP contribution in [0.2, 0.25) is 0 Å². The summed E-state index contributed by atoms with van der Waals surface area (Å²) >= 11 is 0. The van der Waals surface area contributed by atoms with E-state index in [0.29, 0.717) is 18.8 Å². The molecule has 1 fully saturated rings. The molecular formula is C20H27N5O3. The maximum atomic E-state index is 13.2. The Kier molecular flexibility index (Phi) is 4.97. The largest absolute Gasteiger partial charge is 0.495 e. The van der Waals surface area contributed by atoms with Crippen molar-refractivity contribution in [3.05, 3.63) is 35.3 Å². The number of carbonyl (C=O) groups excluding carboxylic acids is 1. The zero-order valence-electron chi connectivity index (χ0n) is 16.9. The molecule has 0 N–H and O–H groups in total. The third-order valence-corrected chi connectivity index (χ3v) is 5.56. The molecular weight excluding hydrogens is 358 g/mol. The normalized spacial score (nSPS) is 22.1. The first-order chi connectivity index (χ1) is 13.5. The molecule has 0 aliphatic carbocycles. The van der Waals surface area contributed by atoms with Crippen LogP contribution in [0.1, 0.15) is 41.7 Å². The molecule has 0 spiro atoms. The molecule has 28 heavy (non-hydrogen) atoms. The van der Waals surface area contributed by atoms with Crippen molar-refractivity contribution in [2.24, 2.45) is 7.05 Å². The maximum Gasteiger partial charge on any atom is 0.274 e. The van der Waals surface area contributed by atoms with Crippen LogP contribution in [0.25, 0.3) is 0 Å². The second-order valence-electron chi connectivity index (χ2n) is 7.46. The molecule has 1 saturated heterocycles. The molecule has 8 heteroatoms. The van der Waals surface area contributed by atoms with Crippen LogP contribution in [0.4, 0.5) is 5.82 Å². The van der Waals surface area contributed by atoms with Gasteiger partial charge >= 0.3 is 0 Å². The molecule has 2 aromatic rings. The van der Waals surface area contributed by atoms with Gasteiger partial charge in [-0.2, -0.15) is 5.10 Å². The van der Waals surface area contributed by atoms with Gasteiger partial charge in [0.05, 0.1) is 31.2 Å². The number of rotatable bonds is 3. The summed E-state index contributed by atoms with van der Waals surface area (Å²) in [6, 6.07) is 3.86. The molecule has 0 aromatic carbocycles. The first-order valence-corrected chi connectivity index (χ1v) is 9.73. The van der Waals surface area contributed by atoms with Crippen molar-refractivity contribution in [1.29, 1.82) is 0 Å². The number of carbonyl (C=O) groups is 1. The van der Waals surface area contributed by atoms with Crippen molar-refractivity contribution in [3.63, 3.8) is 0 Å². The van der Waals surface area contributed by atoms with Crippen LogP contribution in [0, 0.1) is 0 Å². The van der Waals surface area contributed by atoms with E-state index >= 15 is 0 Å². The summed E-state index contributed by atoms with van der Waals surface area (Å²) in [5, 5.41) is 4.55. The Morgan fingerprint density at radius 1 is 1.21 bits per heavy atom. The first-order valence-electron chi connectivity index (χ1n) is 9.73. The van der Waals surface area contributed by atoms with Crippen LogP contribution in [0.5, 0.6) is 5.75 Å².